The molecule has 1 atom stereocenters. The van der Waals surface area contributed by atoms with Crippen molar-refractivity contribution in [1.82, 2.24) is 19.0 Å². The molecule has 0 amide bonds. The van der Waals surface area contributed by atoms with Crippen LogP contribution in [0.25, 0.3) is 0 Å². The number of rotatable bonds is 4. The highest BCUT2D eigenvalue weighted by Crippen LogP contribution is 2.22. The van der Waals surface area contributed by atoms with E-state index in [4.69, 9.17) is 4.74 Å². The summed E-state index contributed by atoms with van der Waals surface area (Å²) in [6, 6.07) is 1.99. The van der Waals surface area contributed by atoms with Crippen molar-refractivity contribution in [3.63, 3.8) is 0 Å². The third kappa shape index (κ3) is 3.34. The van der Waals surface area contributed by atoms with Crippen LogP contribution in [0.5, 0.6) is 0 Å². The van der Waals surface area contributed by atoms with Crippen molar-refractivity contribution in [3.8, 4) is 0 Å². The van der Waals surface area contributed by atoms with Gasteiger partial charge in [-0.3, -0.25) is 9.58 Å². The third-order valence-electron chi connectivity index (χ3n) is 4.52. The van der Waals surface area contributed by atoms with E-state index in [0.717, 1.165) is 31.6 Å². The topological polar surface area (TPSA) is 67.7 Å². The van der Waals surface area contributed by atoms with E-state index in [2.05, 4.69) is 10.00 Å². The number of hydrogen-bond acceptors (Lipinski definition) is 5. The van der Waals surface area contributed by atoms with Gasteiger partial charge in [0.15, 0.2) is 0 Å². The Kier molecular flexibility index (Phi) is 4.82. The molecule has 2 fully saturated rings. The highest BCUT2D eigenvalue weighted by molar-refractivity contribution is 7.89. The van der Waals surface area contributed by atoms with E-state index in [1.54, 1.807) is 10.5 Å². The smallest absolute Gasteiger partial charge is 0.218 e. The monoisotopic (exact) mass is 328 g/mol. The van der Waals surface area contributed by atoms with Gasteiger partial charge >= 0.3 is 0 Å². The normalized spacial score (nSPS) is 25.4. The first-order valence-corrected chi connectivity index (χ1v) is 9.33. The molecule has 0 bridgehead atoms. The molecule has 3 rings (SSSR count). The molecule has 3 heterocycles. The Morgan fingerprint density at radius 1 is 1.32 bits per heavy atom. The third-order valence-corrected chi connectivity index (χ3v) is 6.83. The fourth-order valence-corrected chi connectivity index (χ4v) is 5.14. The lowest BCUT2D eigenvalue weighted by Gasteiger charge is -2.36. The molecule has 0 saturated carbocycles. The lowest BCUT2D eigenvalue weighted by Crippen LogP contribution is -2.50. The summed E-state index contributed by atoms with van der Waals surface area (Å²) in [5.41, 5.74) is 1.12. The van der Waals surface area contributed by atoms with Gasteiger partial charge in [-0.25, -0.2) is 8.42 Å². The summed E-state index contributed by atoms with van der Waals surface area (Å²) in [5, 5.41) is 3.87. The quantitative estimate of drug-likeness (QED) is 0.781. The zero-order valence-electron chi connectivity index (χ0n) is 13.0. The van der Waals surface area contributed by atoms with Crippen LogP contribution in [-0.4, -0.2) is 72.0 Å². The average Bonchev–Trinajstić information content (AvgIpc) is 2.94. The molecule has 1 aromatic rings. The van der Waals surface area contributed by atoms with Crippen molar-refractivity contribution in [3.05, 3.63) is 18.0 Å². The molecule has 7 nitrogen and oxygen atoms in total. The number of piperidine rings is 1. The lowest BCUT2D eigenvalue weighted by atomic mass is 10.1. The van der Waals surface area contributed by atoms with Crippen LogP contribution in [0.15, 0.2) is 12.3 Å². The van der Waals surface area contributed by atoms with Gasteiger partial charge in [-0.2, -0.15) is 9.40 Å². The van der Waals surface area contributed by atoms with Gasteiger partial charge in [-0.1, -0.05) is 0 Å². The van der Waals surface area contributed by atoms with Gasteiger partial charge in [-0.15, -0.1) is 0 Å². The van der Waals surface area contributed by atoms with E-state index < -0.39 is 10.0 Å². The minimum Gasteiger partial charge on any atom is -0.379 e. The molecule has 1 unspecified atom stereocenters. The van der Waals surface area contributed by atoms with E-state index in [1.165, 1.54) is 0 Å². The Bertz CT molecular complexity index is 595. The van der Waals surface area contributed by atoms with Gasteiger partial charge in [0.2, 0.25) is 10.0 Å². The van der Waals surface area contributed by atoms with Crippen LogP contribution in [0.1, 0.15) is 18.5 Å². The van der Waals surface area contributed by atoms with E-state index in [0.29, 0.717) is 32.8 Å². The standard InChI is InChI=1S/C14H24N4O3S/c1-16-13(4-5-15-16)11-17-6-2-3-14(12-17)22(19,20)18-7-9-21-10-8-18/h4-5,14H,2-3,6-12H2,1H3. The molecule has 2 aliphatic heterocycles. The summed E-state index contributed by atoms with van der Waals surface area (Å²) in [6.07, 6.45) is 3.45. The van der Waals surface area contributed by atoms with Crippen molar-refractivity contribution >= 4 is 10.0 Å². The maximum atomic E-state index is 12.8. The summed E-state index contributed by atoms with van der Waals surface area (Å²) in [4.78, 5) is 2.23. The Labute approximate surface area is 131 Å². The molecule has 0 N–H and O–H groups in total. The molecule has 22 heavy (non-hydrogen) atoms. The maximum Gasteiger partial charge on any atom is 0.218 e. The second-order valence-electron chi connectivity index (χ2n) is 6.00. The van der Waals surface area contributed by atoms with E-state index >= 15 is 0 Å². The van der Waals surface area contributed by atoms with Gasteiger partial charge < -0.3 is 4.74 Å². The molecule has 2 saturated heterocycles. The SMILES string of the molecule is Cn1nccc1CN1CCCC(S(=O)(=O)N2CCOCC2)C1. The van der Waals surface area contributed by atoms with Crippen molar-refractivity contribution in [2.24, 2.45) is 7.05 Å². The second-order valence-corrected chi connectivity index (χ2v) is 8.21. The number of ether oxygens (including phenoxy) is 1. The largest absolute Gasteiger partial charge is 0.379 e. The number of morpholine rings is 1. The van der Waals surface area contributed by atoms with Crippen LogP contribution in [-0.2, 0) is 28.4 Å². The fourth-order valence-electron chi connectivity index (χ4n) is 3.20. The van der Waals surface area contributed by atoms with Crippen molar-refractivity contribution in [2.75, 3.05) is 39.4 Å². The average molecular weight is 328 g/mol. The highest BCUT2D eigenvalue weighted by atomic mass is 32.2. The summed E-state index contributed by atoms with van der Waals surface area (Å²) in [5.74, 6) is 0. The Balaban J connectivity index is 1.66. The minimum atomic E-state index is -3.22. The number of sulfonamides is 1. The van der Waals surface area contributed by atoms with Crippen LogP contribution in [0, 0.1) is 0 Å². The Hall–Kier alpha value is -0.960. The summed E-state index contributed by atoms with van der Waals surface area (Å²) < 4.78 is 34.3. The molecular formula is C14H24N4O3S. The van der Waals surface area contributed by atoms with Crippen LogP contribution in [0.3, 0.4) is 0 Å². The van der Waals surface area contributed by atoms with Crippen LogP contribution in [0.4, 0.5) is 0 Å². The molecule has 0 radical (unpaired) electrons. The molecule has 2 aliphatic rings. The van der Waals surface area contributed by atoms with Crippen LogP contribution >= 0.6 is 0 Å². The van der Waals surface area contributed by atoms with Crippen molar-refractivity contribution in [2.45, 2.75) is 24.6 Å². The van der Waals surface area contributed by atoms with Gasteiger partial charge in [0.25, 0.3) is 0 Å². The molecule has 0 aliphatic carbocycles. The first-order valence-electron chi connectivity index (χ1n) is 7.83. The Morgan fingerprint density at radius 2 is 2.09 bits per heavy atom. The number of aromatic nitrogens is 2. The molecule has 0 aromatic carbocycles. The minimum absolute atomic E-state index is 0.299. The summed E-state index contributed by atoms with van der Waals surface area (Å²) >= 11 is 0. The first-order chi connectivity index (χ1) is 10.6. The molecule has 1 aromatic heterocycles. The van der Waals surface area contributed by atoms with Gasteiger partial charge in [-0.05, 0) is 25.5 Å². The molecular weight excluding hydrogens is 304 g/mol. The van der Waals surface area contributed by atoms with Crippen molar-refractivity contribution in [1.29, 1.82) is 0 Å². The Morgan fingerprint density at radius 3 is 2.77 bits per heavy atom. The maximum absolute atomic E-state index is 12.8. The van der Waals surface area contributed by atoms with Gasteiger partial charge in [0.05, 0.1) is 24.2 Å². The molecule has 0 spiro atoms. The van der Waals surface area contributed by atoms with Crippen LogP contribution in [0.2, 0.25) is 0 Å². The second kappa shape index (κ2) is 6.66. The predicted molar refractivity (Wildman–Crippen MR) is 82.8 cm³/mol. The van der Waals surface area contributed by atoms with Crippen LogP contribution < -0.4 is 0 Å². The van der Waals surface area contributed by atoms with E-state index in [1.807, 2.05) is 17.8 Å². The number of hydrogen-bond donors (Lipinski definition) is 0. The summed E-state index contributed by atoms with van der Waals surface area (Å²) in [7, 11) is -1.30. The number of nitrogens with zero attached hydrogens (tertiary/aromatic N) is 4. The van der Waals surface area contributed by atoms with Gasteiger partial charge in [0.1, 0.15) is 0 Å². The molecule has 8 heteroatoms. The highest BCUT2D eigenvalue weighted by Gasteiger charge is 2.36. The van der Waals surface area contributed by atoms with Gasteiger partial charge in [0, 0.05) is 39.4 Å². The first kappa shape index (κ1) is 15.9. The lowest BCUT2D eigenvalue weighted by molar-refractivity contribution is 0.0719. The van der Waals surface area contributed by atoms with E-state index in [9.17, 15) is 8.42 Å². The van der Waals surface area contributed by atoms with Crippen molar-refractivity contribution < 1.29 is 13.2 Å². The van der Waals surface area contributed by atoms with E-state index in [-0.39, 0.29) is 5.25 Å². The molecule has 124 valence electrons. The predicted octanol–water partition coefficient (Wildman–Crippen LogP) is 0.0465. The fraction of sp³-hybridized carbons (Fsp3) is 0.786. The zero-order valence-corrected chi connectivity index (χ0v) is 13.8. The number of aryl methyl sites for hydroxylation is 1. The number of likely N-dealkylation sites (tertiary alicyclic amines) is 1. The zero-order chi connectivity index (χ0) is 15.6. The summed E-state index contributed by atoms with van der Waals surface area (Å²) in [6.45, 7) is 4.29.